The lowest BCUT2D eigenvalue weighted by Gasteiger charge is -2.38. The average Bonchev–Trinajstić information content (AvgIpc) is 2.16. The smallest absolute Gasteiger partial charge is 0.322 e. The molecule has 1 heterocycles. The van der Waals surface area contributed by atoms with Gasteiger partial charge < -0.3 is 9.64 Å². The van der Waals surface area contributed by atoms with Crippen LogP contribution in [-0.2, 0) is 9.53 Å². The normalized spacial score (nSPS) is 26.6. The Morgan fingerprint density at radius 1 is 1.31 bits per heavy atom. The van der Waals surface area contributed by atoms with Gasteiger partial charge in [-0.2, -0.15) is 0 Å². The van der Waals surface area contributed by atoms with Gasteiger partial charge in [-0.25, -0.2) is 4.79 Å². The molecule has 5 heteroatoms. The number of rotatable bonds is 2. The van der Waals surface area contributed by atoms with E-state index in [2.05, 4.69) is 0 Å². The van der Waals surface area contributed by atoms with Crippen LogP contribution >= 0.6 is 0 Å². The Morgan fingerprint density at radius 2 is 2.00 bits per heavy atom. The maximum atomic E-state index is 11.7. The zero-order valence-corrected chi connectivity index (χ0v) is 9.81. The van der Waals surface area contributed by atoms with Crippen LogP contribution in [0.4, 0.5) is 4.79 Å². The first-order valence-electron chi connectivity index (χ1n) is 5.78. The van der Waals surface area contributed by atoms with Gasteiger partial charge in [-0.05, 0) is 12.8 Å². The molecule has 2 rings (SSSR count). The third kappa shape index (κ3) is 1.99. The molecule has 2 amide bonds. The van der Waals surface area contributed by atoms with Crippen LogP contribution in [-0.4, -0.2) is 48.7 Å². The molecule has 0 bridgehead atoms. The van der Waals surface area contributed by atoms with Gasteiger partial charge in [-0.1, -0.05) is 6.42 Å². The summed E-state index contributed by atoms with van der Waals surface area (Å²) < 4.78 is 5.37. The summed E-state index contributed by atoms with van der Waals surface area (Å²) in [6.45, 7) is 0.645. The summed E-state index contributed by atoms with van der Waals surface area (Å²) in [7, 11) is 3.43. The standard InChI is InChI=1S/C11H18N2O3/c1-12-7-6-9(13(2)11(12)15)16-10(14)8-4-3-5-8/h8-9H,3-7H2,1-2H3. The molecule has 1 aliphatic heterocycles. The van der Waals surface area contributed by atoms with Gasteiger partial charge in [-0.3, -0.25) is 9.69 Å². The first-order valence-corrected chi connectivity index (χ1v) is 5.78. The number of ether oxygens (including phenoxy) is 1. The van der Waals surface area contributed by atoms with E-state index in [9.17, 15) is 9.59 Å². The van der Waals surface area contributed by atoms with Crippen molar-refractivity contribution in [3.63, 3.8) is 0 Å². The lowest BCUT2D eigenvalue weighted by atomic mass is 9.86. The molecule has 1 unspecified atom stereocenters. The topological polar surface area (TPSA) is 49.9 Å². The molecule has 90 valence electrons. The highest BCUT2D eigenvalue weighted by atomic mass is 16.6. The number of carbonyl (C=O) groups excluding carboxylic acids is 2. The van der Waals surface area contributed by atoms with Crippen molar-refractivity contribution in [2.75, 3.05) is 20.6 Å². The maximum absolute atomic E-state index is 11.7. The summed E-state index contributed by atoms with van der Waals surface area (Å²) in [4.78, 5) is 26.4. The number of amides is 2. The predicted octanol–water partition coefficient (Wildman–Crippen LogP) is 1.04. The maximum Gasteiger partial charge on any atom is 0.322 e. The summed E-state index contributed by atoms with van der Waals surface area (Å²) in [5.41, 5.74) is 0. The van der Waals surface area contributed by atoms with E-state index in [0.29, 0.717) is 13.0 Å². The molecular formula is C11H18N2O3. The number of urea groups is 1. The van der Waals surface area contributed by atoms with Crippen molar-refractivity contribution in [2.45, 2.75) is 31.9 Å². The fourth-order valence-corrected chi connectivity index (χ4v) is 2.00. The van der Waals surface area contributed by atoms with Crippen molar-refractivity contribution in [3.8, 4) is 0 Å². The minimum absolute atomic E-state index is 0.0724. The van der Waals surface area contributed by atoms with Crippen LogP contribution in [0.1, 0.15) is 25.7 Å². The van der Waals surface area contributed by atoms with Gasteiger partial charge in [0.1, 0.15) is 0 Å². The van der Waals surface area contributed by atoms with E-state index < -0.39 is 0 Å². The minimum atomic E-state index is -0.378. The molecule has 0 aromatic heterocycles. The largest absolute Gasteiger partial charge is 0.441 e. The Kier molecular flexibility index (Phi) is 3.03. The predicted molar refractivity (Wildman–Crippen MR) is 57.6 cm³/mol. The highest BCUT2D eigenvalue weighted by Gasteiger charge is 2.34. The lowest BCUT2D eigenvalue weighted by Crippen LogP contribution is -2.52. The summed E-state index contributed by atoms with van der Waals surface area (Å²) >= 11 is 0. The number of carbonyl (C=O) groups is 2. The van der Waals surface area contributed by atoms with Crippen LogP contribution in [0, 0.1) is 5.92 Å². The number of hydrogen-bond donors (Lipinski definition) is 0. The summed E-state index contributed by atoms with van der Waals surface area (Å²) in [5, 5.41) is 0. The van der Waals surface area contributed by atoms with E-state index in [1.807, 2.05) is 0 Å². The van der Waals surface area contributed by atoms with Gasteiger partial charge in [0, 0.05) is 27.1 Å². The average molecular weight is 226 g/mol. The van der Waals surface area contributed by atoms with Crippen molar-refractivity contribution in [3.05, 3.63) is 0 Å². The Morgan fingerprint density at radius 3 is 2.56 bits per heavy atom. The highest BCUT2D eigenvalue weighted by Crippen LogP contribution is 2.28. The minimum Gasteiger partial charge on any atom is -0.441 e. The molecule has 16 heavy (non-hydrogen) atoms. The molecule has 2 aliphatic rings. The lowest BCUT2D eigenvalue weighted by molar-refractivity contribution is -0.166. The quantitative estimate of drug-likeness (QED) is 0.661. The Balaban J connectivity index is 1.89. The second kappa shape index (κ2) is 4.31. The van der Waals surface area contributed by atoms with Crippen LogP contribution in [0.3, 0.4) is 0 Å². The summed E-state index contributed by atoms with van der Waals surface area (Å²) in [6, 6.07) is -0.0855. The molecule has 5 nitrogen and oxygen atoms in total. The molecule has 0 aromatic carbocycles. The van der Waals surface area contributed by atoms with E-state index in [1.165, 1.54) is 4.90 Å². The van der Waals surface area contributed by atoms with Crippen molar-refractivity contribution < 1.29 is 14.3 Å². The monoisotopic (exact) mass is 226 g/mol. The third-order valence-electron chi connectivity index (χ3n) is 3.46. The first kappa shape index (κ1) is 11.2. The number of nitrogens with zero attached hydrogens (tertiary/aromatic N) is 2. The van der Waals surface area contributed by atoms with E-state index in [0.717, 1.165) is 19.3 Å². The fraction of sp³-hybridized carbons (Fsp3) is 0.818. The van der Waals surface area contributed by atoms with Crippen molar-refractivity contribution >= 4 is 12.0 Å². The van der Waals surface area contributed by atoms with Gasteiger partial charge >= 0.3 is 12.0 Å². The summed E-state index contributed by atoms with van der Waals surface area (Å²) in [6.07, 6.45) is 3.29. The van der Waals surface area contributed by atoms with Crippen LogP contribution in [0.2, 0.25) is 0 Å². The van der Waals surface area contributed by atoms with Crippen LogP contribution in [0.25, 0.3) is 0 Å². The second-order valence-corrected chi connectivity index (χ2v) is 4.62. The summed E-state index contributed by atoms with van der Waals surface area (Å²) in [5.74, 6) is -0.0661. The molecule has 0 N–H and O–H groups in total. The number of hydrogen-bond acceptors (Lipinski definition) is 3. The molecule has 1 saturated heterocycles. The second-order valence-electron chi connectivity index (χ2n) is 4.62. The molecule has 0 spiro atoms. The zero-order chi connectivity index (χ0) is 11.7. The van der Waals surface area contributed by atoms with Crippen molar-refractivity contribution in [2.24, 2.45) is 5.92 Å². The van der Waals surface area contributed by atoms with Crippen molar-refractivity contribution in [1.82, 2.24) is 9.80 Å². The Labute approximate surface area is 95.3 Å². The van der Waals surface area contributed by atoms with E-state index in [-0.39, 0.29) is 24.1 Å². The first-order chi connectivity index (χ1) is 7.59. The van der Waals surface area contributed by atoms with E-state index in [1.54, 1.807) is 19.0 Å². The van der Waals surface area contributed by atoms with Crippen LogP contribution in [0.15, 0.2) is 0 Å². The molecule has 2 fully saturated rings. The Bertz CT molecular complexity index is 302. The molecular weight excluding hydrogens is 208 g/mol. The molecule has 1 atom stereocenters. The zero-order valence-electron chi connectivity index (χ0n) is 9.81. The molecule has 1 aliphatic carbocycles. The van der Waals surface area contributed by atoms with Gasteiger partial charge in [0.15, 0.2) is 6.23 Å². The van der Waals surface area contributed by atoms with Crippen LogP contribution < -0.4 is 0 Å². The van der Waals surface area contributed by atoms with Crippen LogP contribution in [0.5, 0.6) is 0 Å². The van der Waals surface area contributed by atoms with Gasteiger partial charge in [0.05, 0.1) is 5.92 Å². The molecule has 1 saturated carbocycles. The molecule has 0 radical (unpaired) electrons. The van der Waals surface area contributed by atoms with E-state index in [4.69, 9.17) is 4.74 Å². The fourth-order valence-electron chi connectivity index (χ4n) is 2.00. The highest BCUT2D eigenvalue weighted by molar-refractivity contribution is 5.76. The Hall–Kier alpha value is -1.26. The third-order valence-corrected chi connectivity index (χ3v) is 3.46. The van der Waals surface area contributed by atoms with Gasteiger partial charge in [0.25, 0.3) is 0 Å². The SMILES string of the molecule is CN1CCC(OC(=O)C2CCC2)N(C)C1=O. The van der Waals surface area contributed by atoms with Gasteiger partial charge in [-0.15, -0.1) is 0 Å². The van der Waals surface area contributed by atoms with Gasteiger partial charge in [0.2, 0.25) is 0 Å². The van der Waals surface area contributed by atoms with Crippen molar-refractivity contribution in [1.29, 1.82) is 0 Å². The van der Waals surface area contributed by atoms with E-state index >= 15 is 0 Å². The number of esters is 1. The molecule has 0 aromatic rings.